The Balaban J connectivity index is 2.15. The van der Waals surface area contributed by atoms with Gasteiger partial charge in [-0.25, -0.2) is 4.79 Å². The molecule has 0 aliphatic rings. The van der Waals surface area contributed by atoms with Crippen LogP contribution in [0.1, 0.15) is 29.8 Å². The SMILES string of the molecule is CCc1ccc(-c2ccc(C(=O)NC(C(=O)OC)C(C)N=[N+]=[N-])cc2)cc1. The van der Waals surface area contributed by atoms with Crippen LogP contribution in [0.15, 0.2) is 53.6 Å². The van der Waals surface area contributed by atoms with E-state index in [9.17, 15) is 9.59 Å². The van der Waals surface area contributed by atoms with Crippen LogP contribution in [-0.4, -0.2) is 31.1 Å². The smallest absolute Gasteiger partial charge is 0.328 e. The highest BCUT2D eigenvalue weighted by Gasteiger charge is 2.27. The minimum absolute atomic E-state index is 0.394. The van der Waals surface area contributed by atoms with Crippen molar-refractivity contribution in [2.75, 3.05) is 7.11 Å². The summed E-state index contributed by atoms with van der Waals surface area (Å²) in [6.07, 6.45) is 0.981. The van der Waals surface area contributed by atoms with Crippen LogP contribution in [0.5, 0.6) is 0 Å². The number of nitrogens with zero attached hydrogens (tertiary/aromatic N) is 3. The van der Waals surface area contributed by atoms with Crippen molar-refractivity contribution in [1.82, 2.24) is 5.32 Å². The molecule has 2 atom stereocenters. The van der Waals surface area contributed by atoms with E-state index in [0.29, 0.717) is 5.56 Å². The fourth-order valence-electron chi connectivity index (χ4n) is 2.62. The average molecular weight is 366 g/mol. The molecule has 7 nitrogen and oxygen atoms in total. The van der Waals surface area contributed by atoms with E-state index in [0.717, 1.165) is 17.5 Å². The molecule has 0 heterocycles. The molecule has 1 N–H and O–H groups in total. The molecule has 2 rings (SSSR count). The van der Waals surface area contributed by atoms with E-state index < -0.39 is 24.0 Å². The number of hydrogen-bond donors (Lipinski definition) is 1. The lowest BCUT2D eigenvalue weighted by molar-refractivity contribution is -0.143. The zero-order valence-electron chi connectivity index (χ0n) is 15.5. The zero-order chi connectivity index (χ0) is 19.8. The van der Waals surface area contributed by atoms with Crippen molar-refractivity contribution >= 4 is 11.9 Å². The minimum atomic E-state index is -1.06. The number of benzene rings is 2. The van der Waals surface area contributed by atoms with Gasteiger partial charge in [0.05, 0.1) is 13.2 Å². The van der Waals surface area contributed by atoms with Gasteiger partial charge in [-0.3, -0.25) is 4.79 Å². The Hall–Kier alpha value is -3.31. The first kappa shape index (κ1) is 20.0. The lowest BCUT2D eigenvalue weighted by Crippen LogP contribution is -2.47. The molecule has 0 radical (unpaired) electrons. The van der Waals surface area contributed by atoms with Crippen molar-refractivity contribution in [3.05, 3.63) is 70.1 Å². The van der Waals surface area contributed by atoms with E-state index in [2.05, 4.69) is 39.1 Å². The van der Waals surface area contributed by atoms with Crippen molar-refractivity contribution < 1.29 is 14.3 Å². The molecule has 1 amide bonds. The maximum absolute atomic E-state index is 12.5. The summed E-state index contributed by atoms with van der Waals surface area (Å²) in [5.74, 6) is -1.12. The quantitative estimate of drug-likeness (QED) is 0.348. The van der Waals surface area contributed by atoms with Crippen LogP contribution in [0.25, 0.3) is 21.6 Å². The maximum Gasteiger partial charge on any atom is 0.328 e. The predicted molar refractivity (Wildman–Crippen MR) is 103 cm³/mol. The fraction of sp³-hybridized carbons (Fsp3) is 0.300. The molecule has 2 unspecified atom stereocenters. The molecule has 0 bridgehead atoms. The van der Waals surface area contributed by atoms with Gasteiger partial charge in [0, 0.05) is 10.5 Å². The highest BCUT2D eigenvalue weighted by molar-refractivity contribution is 5.97. The number of carbonyl (C=O) groups excluding carboxylic acids is 2. The summed E-state index contributed by atoms with van der Waals surface area (Å²) in [6, 6.07) is 13.5. The molecule has 0 saturated carbocycles. The molecule has 27 heavy (non-hydrogen) atoms. The van der Waals surface area contributed by atoms with Gasteiger partial charge in [-0.2, -0.15) is 0 Å². The molecule has 0 spiro atoms. The number of methoxy groups -OCH3 is 1. The molecule has 0 aromatic heterocycles. The van der Waals surface area contributed by atoms with Gasteiger partial charge >= 0.3 is 5.97 Å². The predicted octanol–water partition coefficient (Wildman–Crippen LogP) is 3.89. The molecule has 0 aliphatic heterocycles. The second-order valence-corrected chi connectivity index (χ2v) is 6.05. The van der Waals surface area contributed by atoms with Crippen molar-refractivity contribution in [1.29, 1.82) is 0 Å². The van der Waals surface area contributed by atoms with E-state index >= 15 is 0 Å². The summed E-state index contributed by atoms with van der Waals surface area (Å²) in [5, 5.41) is 6.04. The largest absolute Gasteiger partial charge is 0.467 e. The first-order valence-electron chi connectivity index (χ1n) is 8.62. The summed E-state index contributed by atoms with van der Waals surface area (Å²) in [4.78, 5) is 27.0. The lowest BCUT2D eigenvalue weighted by atomic mass is 10.0. The van der Waals surface area contributed by atoms with Gasteiger partial charge in [0.1, 0.15) is 6.04 Å². The van der Waals surface area contributed by atoms with Crippen molar-refractivity contribution in [2.45, 2.75) is 32.4 Å². The van der Waals surface area contributed by atoms with Crippen molar-refractivity contribution in [3.8, 4) is 11.1 Å². The summed E-state index contributed by atoms with van der Waals surface area (Å²) in [5.41, 5.74) is 12.3. The minimum Gasteiger partial charge on any atom is -0.467 e. The normalized spacial score (nSPS) is 12.4. The van der Waals surface area contributed by atoms with Crippen molar-refractivity contribution in [2.24, 2.45) is 5.11 Å². The van der Waals surface area contributed by atoms with Gasteiger partial charge in [-0.1, -0.05) is 55.4 Å². The number of azide groups is 1. The van der Waals surface area contributed by atoms with Crippen LogP contribution in [0.3, 0.4) is 0 Å². The van der Waals surface area contributed by atoms with E-state index in [1.54, 1.807) is 12.1 Å². The number of esters is 1. The van der Waals surface area contributed by atoms with Gasteiger partial charge < -0.3 is 10.1 Å². The van der Waals surface area contributed by atoms with E-state index in [1.165, 1.54) is 19.6 Å². The Morgan fingerprint density at radius 1 is 1.11 bits per heavy atom. The number of ether oxygens (including phenoxy) is 1. The second kappa shape index (κ2) is 9.40. The van der Waals surface area contributed by atoms with Gasteiger partial charge in [0.15, 0.2) is 0 Å². The average Bonchev–Trinajstić information content (AvgIpc) is 2.71. The topological polar surface area (TPSA) is 104 Å². The third-order valence-corrected chi connectivity index (χ3v) is 4.30. The van der Waals surface area contributed by atoms with E-state index in [1.807, 2.05) is 24.3 Å². The van der Waals surface area contributed by atoms with Gasteiger partial charge in [-0.15, -0.1) is 0 Å². The van der Waals surface area contributed by atoms with Gasteiger partial charge in [0.2, 0.25) is 0 Å². The first-order valence-corrected chi connectivity index (χ1v) is 8.62. The second-order valence-electron chi connectivity index (χ2n) is 6.05. The molecule has 2 aromatic rings. The third kappa shape index (κ3) is 5.09. The highest BCUT2D eigenvalue weighted by atomic mass is 16.5. The van der Waals surface area contributed by atoms with Crippen LogP contribution in [0.4, 0.5) is 0 Å². The standard InChI is InChI=1S/C20H22N4O3/c1-4-14-5-7-15(8-6-14)16-9-11-17(12-10-16)19(25)22-18(20(26)27-3)13(2)23-24-21/h5-13,18H,4H2,1-3H3,(H,22,25). The molecular formula is C20H22N4O3. The van der Waals surface area contributed by atoms with Gasteiger partial charge in [-0.05, 0) is 40.8 Å². The zero-order valence-corrected chi connectivity index (χ0v) is 15.5. The summed E-state index contributed by atoms with van der Waals surface area (Å²) in [6.45, 7) is 3.64. The van der Waals surface area contributed by atoms with Crippen LogP contribution in [0, 0.1) is 0 Å². The molecule has 140 valence electrons. The van der Waals surface area contributed by atoms with Crippen LogP contribution >= 0.6 is 0 Å². The fourth-order valence-corrected chi connectivity index (χ4v) is 2.62. The molecule has 0 aliphatic carbocycles. The Morgan fingerprint density at radius 2 is 1.67 bits per heavy atom. The summed E-state index contributed by atoms with van der Waals surface area (Å²) >= 11 is 0. The third-order valence-electron chi connectivity index (χ3n) is 4.30. The first-order chi connectivity index (χ1) is 13.0. The monoisotopic (exact) mass is 366 g/mol. The van der Waals surface area contributed by atoms with E-state index in [-0.39, 0.29) is 0 Å². The van der Waals surface area contributed by atoms with Crippen LogP contribution < -0.4 is 5.32 Å². The highest BCUT2D eigenvalue weighted by Crippen LogP contribution is 2.20. The summed E-state index contributed by atoms with van der Waals surface area (Å²) < 4.78 is 4.68. The Bertz CT molecular complexity index is 841. The molecule has 2 aromatic carbocycles. The van der Waals surface area contributed by atoms with Crippen LogP contribution in [0.2, 0.25) is 0 Å². The van der Waals surface area contributed by atoms with E-state index in [4.69, 9.17) is 5.53 Å². The number of amides is 1. The number of rotatable bonds is 7. The van der Waals surface area contributed by atoms with Gasteiger partial charge in [0.25, 0.3) is 5.91 Å². The van der Waals surface area contributed by atoms with Crippen LogP contribution in [-0.2, 0) is 16.0 Å². The number of carbonyl (C=O) groups is 2. The number of nitrogens with one attached hydrogen (secondary N) is 1. The molecule has 7 heteroatoms. The Kier molecular flexibility index (Phi) is 6.97. The lowest BCUT2D eigenvalue weighted by Gasteiger charge is -2.19. The molecular weight excluding hydrogens is 344 g/mol. The Morgan fingerprint density at radius 3 is 2.15 bits per heavy atom. The number of hydrogen-bond acceptors (Lipinski definition) is 4. The van der Waals surface area contributed by atoms with Crippen molar-refractivity contribution in [3.63, 3.8) is 0 Å². The summed E-state index contributed by atoms with van der Waals surface area (Å²) in [7, 11) is 1.21. The Labute approximate surface area is 158 Å². The number of aryl methyl sites for hydroxylation is 1. The maximum atomic E-state index is 12.5. The molecule has 0 saturated heterocycles. The molecule has 0 fully saturated rings.